The molecule has 1 fully saturated rings. The van der Waals surface area contributed by atoms with E-state index in [2.05, 4.69) is 0 Å². The lowest BCUT2D eigenvalue weighted by molar-refractivity contribution is -0.0932. The maximum Gasteiger partial charge on any atom is 0.243 e. The van der Waals surface area contributed by atoms with Crippen molar-refractivity contribution in [3.8, 4) is 0 Å². The first kappa shape index (κ1) is 13.5. The molecule has 0 spiro atoms. The molecule has 5 heteroatoms. The first-order valence-corrected chi connectivity index (χ1v) is 7.49. The van der Waals surface area contributed by atoms with Gasteiger partial charge in [0.2, 0.25) is 10.0 Å². The monoisotopic (exact) mass is 269 g/mol. The van der Waals surface area contributed by atoms with Gasteiger partial charge in [-0.1, -0.05) is 32.0 Å². The van der Waals surface area contributed by atoms with Crippen molar-refractivity contribution in [1.82, 2.24) is 4.31 Å². The summed E-state index contributed by atoms with van der Waals surface area (Å²) in [6.45, 7) is 5.94. The van der Waals surface area contributed by atoms with E-state index in [4.69, 9.17) is 0 Å². The second-order valence-corrected chi connectivity index (χ2v) is 7.20. The molecule has 1 saturated heterocycles. The van der Waals surface area contributed by atoms with Crippen molar-refractivity contribution in [2.45, 2.75) is 31.3 Å². The Balaban J connectivity index is 2.24. The van der Waals surface area contributed by atoms with Crippen LogP contribution in [0.15, 0.2) is 29.2 Å². The van der Waals surface area contributed by atoms with Crippen LogP contribution < -0.4 is 0 Å². The minimum Gasteiger partial charge on any atom is -0.387 e. The summed E-state index contributed by atoms with van der Waals surface area (Å²) in [6.07, 6.45) is 0. The van der Waals surface area contributed by atoms with Gasteiger partial charge in [0.15, 0.2) is 0 Å². The SMILES string of the molecule is Cc1ccccc1S(=O)(=O)N1CC(O)(C(C)C)C1. The maximum atomic E-state index is 12.4. The van der Waals surface area contributed by atoms with Crippen molar-refractivity contribution in [1.29, 1.82) is 0 Å². The number of aryl methyl sites for hydroxylation is 1. The summed E-state index contributed by atoms with van der Waals surface area (Å²) in [4.78, 5) is 0.329. The Labute approximate surface area is 108 Å². The highest BCUT2D eigenvalue weighted by atomic mass is 32.2. The van der Waals surface area contributed by atoms with E-state index < -0.39 is 15.6 Å². The van der Waals surface area contributed by atoms with Gasteiger partial charge in [0.25, 0.3) is 0 Å². The number of hydrogen-bond acceptors (Lipinski definition) is 3. The van der Waals surface area contributed by atoms with Crippen LogP contribution in [0, 0.1) is 12.8 Å². The molecule has 1 aliphatic heterocycles. The van der Waals surface area contributed by atoms with E-state index in [1.165, 1.54) is 4.31 Å². The van der Waals surface area contributed by atoms with E-state index >= 15 is 0 Å². The largest absolute Gasteiger partial charge is 0.387 e. The summed E-state index contributed by atoms with van der Waals surface area (Å²) in [5, 5.41) is 10.1. The van der Waals surface area contributed by atoms with Gasteiger partial charge in [-0.3, -0.25) is 0 Å². The fourth-order valence-corrected chi connectivity index (χ4v) is 3.88. The molecular formula is C13H19NO3S. The van der Waals surface area contributed by atoms with E-state index in [9.17, 15) is 13.5 Å². The molecule has 0 amide bonds. The third-order valence-electron chi connectivity index (χ3n) is 3.69. The lowest BCUT2D eigenvalue weighted by Gasteiger charge is -2.48. The van der Waals surface area contributed by atoms with E-state index in [-0.39, 0.29) is 19.0 Å². The van der Waals surface area contributed by atoms with E-state index in [0.717, 1.165) is 5.56 Å². The molecule has 1 N–H and O–H groups in total. The molecule has 0 aliphatic carbocycles. The molecule has 0 bridgehead atoms. The first-order valence-electron chi connectivity index (χ1n) is 6.05. The van der Waals surface area contributed by atoms with E-state index in [1.54, 1.807) is 25.1 Å². The number of sulfonamides is 1. The van der Waals surface area contributed by atoms with Crippen molar-refractivity contribution in [2.24, 2.45) is 5.92 Å². The Morgan fingerprint density at radius 2 is 1.83 bits per heavy atom. The second kappa shape index (κ2) is 4.33. The molecule has 1 aliphatic rings. The summed E-state index contributed by atoms with van der Waals surface area (Å²) in [5.41, 5.74) is -0.145. The van der Waals surface area contributed by atoms with Gasteiger partial charge in [-0.05, 0) is 24.5 Å². The smallest absolute Gasteiger partial charge is 0.243 e. The fourth-order valence-electron chi connectivity index (χ4n) is 2.08. The highest BCUT2D eigenvalue weighted by Crippen LogP contribution is 2.33. The zero-order valence-electron chi connectivity index (χ0n) is 10.9. The Kier molecular flexibility index (Phi) is 3.25. The van der Waals surface area contributed by atoms with Crippen LogP contribution in [-0.4, -0.2) is 36.5 Å². The standard InChI is InChI=1S/C13H19NO3S/c1-10(2)13(15)8-14(9-13)18(16,17)12-7-5-4-6-11(12)3/h4-7,10,15H,8-9H2,1-3H3. The molecule has 0 saturated carbocycles. The van der Waals surface area contributed by atoms with Gasteiger partial charge in [0.1, 0.15) is 0 Å². The average molecular weight is 269 g/mol. The van der Waals surface area contributed by atoms with Gasteiger partial charge in [0.05, 0.1) is 10.5 Å². The fraction of sp³-hybridized carbons (Fsp3) is 0.538. The molecule has 100 valence electrons. The van der Waals surface area contributed by atoms with Gasteiger partial charge in [-0.15, -0.1) is 0 Å². The summed E-state index contributed by atoms with van der Waals surface area (Å²) in [5.74, 6) is 0.0563. The molecule has 0 unspecified atom stereocenters. The highest BCUT2D eigenvalue weighted by Gasteiger charge is 2.49. The van der Waals surface area contributed by atoms with E-state index in [0.29, 0.717) is 4.90 Å². The highest BCUT2D eigenvalue weighted by molar-refractivity contribution is 7.89. The molecule has 0 atom stereocenters. The summed E-state index contributed by atoms with van der Waals surface area (Å²) in [6, 6.07) is 6.92. The van der Waals surface area contributed by atoms with Crippen LogP contribution in [0.3, 0.4) is 0 Å². The van der Waals surface area contributed by atoms with Crippen LogP contribution >= 0.6 is 0 Å². The quantitative estimate of drug-likeness (QED) is 0.902. The normalized spacial score (nSPS) is 19.8. The molecular weight excluding hydrogens is 250 g/mol. The molecule has 4 nitrogen and oxygen atoms in total. The minimum atomic E-state index is -3.46. The number of hydrogen-bond donors (Lipinski definition) is 1. The van der Waals surface area contributed by atoms with Crippen molar-refractivity contribution >= 4 is 10.0 Å². The topological polar surface area (TPSA) is 57.6 Å². The molecule has 18 heavy (non-hydrogen) atoms. The molecule has 1 heterocycles. The molecule has 0 aromatic heterocycles. The summed E-state index contributed by atoms with van der Waals surface area (Å²) < 4.78 is 26.1. The summed E-state index contributed by atoms with van der Waals surface area (Å²) in [7, 11) is -3.46. The van der Waals surface area contributed by atoms with Crippen molar-refractivity contribution in [2.75, 3.05) is 13.1 Å². The zero-order valence-corrected chi connectivity index (χ0v) is 11.7. The lowest BCUT2D eigenvalue weighted by Crippen LogP contribution is -2.65. The van der Waals surface area contributed by atoms with Crippen LogP contribution in [0.1, 0.15) is 19.4 Å². The zero-order chi connectivity index (χ0) is 13.6. The van der Waals surface area contributed by atoms with Crippen molar-refractivity contribution in [3.05, 3.63) is 29.8 Å². The minimum absolute atomic E-state index is 0.0563. The van der Waals surface area contributed by atoms with Crippen molar-refractivity contribution in [3.63, 3.8) is 0 Å². The van der Waals surface area contributed by atoms with Gasteiger partial charge >= 0.3 is 0 Å². The number of benzene rings is 1. The Hall–Kier alpha value is -0.910. The molecule has 2 rings (SSSR count). The third-order valence-corrected chi connectivity index (χ3v) is 5.64. The van der Waals surface area contributed by atoms with Gasteiger partial charge in [0, 0.05) is 13.1 Å². The Morgan fingerprint density at radius 1 is 1.28 bits per heavy atom. The van der Waals surface area contributed by atoms with Gasteiger partial charge in [-0.25, -0.2) is 8.42 Å². The lowest BCUT2D eigenvalue weighted by atomic mass is 9.85. The molecule has 1 aromatic rings. The molecule has 1 aromatic carbocycles. The maximum absolute atomic E-state index is 12.4. The molecule has 0 radical (unpaired) electrons. The second-order valence-electron chi connectivity index (χ2n) is 5.30. The van der Waals surface area contributed by atoms with Crippen molar-refractivity contribution < 1.29 is 13.5 Å². The van der Waals surface area contributed by atoms with Crippen LogP contribution in [0.5, 0.6) is 0 Å². The van der Waals surface area contributed by atoms with Crippen LogP contribution in [0.2, 0.25) is 0 Å². The number of rotatable bonds is 3. The third kappa shape index (κ3) is 2.06. The van der Waals surface area contributed by atoms with Crippen LogP contribution in [0.4, 0.5) is 0 Å². The average Bonchev–Trinajstić information content (AvgIpc) is 2.24. The number of β-amino-alcohol motifs (C(OH)–C–C–N with tert-alkyl or cyclic N) is 1. The first-order chi connectivity index (χ1) is 8.27. The van der Waals surface area contributed by atoms with Crippen LogP contribution in [0.25, 0.3) is 0 Å². The van der Waals surface area contributed by atoms with Crippen LogP contribution in [-0.2, 0) is 10.0 Å². The Morgan fingerprint density at radius 3 is 2.33 bits per heavy atom. The predicted molar refractivity (Wildman–Crippen MR) is 69.7 cm³/mol. The van der Waals surface area contributed by atoms with Gasteiger partial charge in [-0.2, -0.15) is 4.31 Å². The summed E-state index contributed by atoms with van der Waals surface area (Å²) >= 11 is 0. The van der Waals surface area contributed by atoms with E-state index in [1.807, 2.05) is 19.9 Å². The number of nitrogens with zero attached hydrogens (tertiary/aromatic N) is 1. The van der Waals surface area contributed by atoms with Gasteiger partial charge < -0.3 is 5.11 Å². The number of aliphatic hydroxyl groups is 1. The Bertz CT molecular complexity index is 545. The predicted octanol–water partition coefficient (Wildman–Crippen LogP) is 1.39.